The Morgan fingerprint density at radius 2 is 2.31 bits per heavy atom. The molecular formula is C8H8FN3O. The number of imidazole rings is 1. The predicted molar refractivity (Wildman–Crippen MR) is 46.0 cm³/mol. The molecule has 2 aromatic rings. The Kier molecular flexibility index (Phi) is 1.48. The smallest absolute Gasteiger partial charge is 0.290 e. The van der Waals surface area contributed by atoms with Crippen LogP contribution < -0.4 is 5.56 Å². The molecule has 0 spiro atoms. The van der Waals surface area contributed by atoms with Crippen molar-refractivity contribution in [2.45, 2.75) is 6.92 Å². The minimum absolute atomic E-state index is 0.144. The molecule has 0 amide bonds. The van der Waals surface area contributed by atoms with Crippen LogP contribution in [0.25, 0.3) is 11.0 Å². The summed E-state index contributed by atoms with van der Waals surface area (Å²) in [7, 11) is 1.53. The van der Waals surface area contributed by atoms with Gasteiger partial charge >= 0.3 is 0 Å². The zero-order valence-electron chi connectivity index (χ0n) is 7.26. The van der Waals surface area contributed by atoms with Crippen molar-refractivity contribution < 1.29 is 4.39 Å². The summed E-state index contributed by atoms with van der Waals surface area (Å²) in [5.74, 6) is 0. The maximum atomic E-state index is 12.9. The fraction of sp³-hybridized carbons (Fsp3) is 0.250. The van der Waals surface area contributed by atoms with Crippen molar-refractivity contribution in [3.8, 4) is 0 Å². The van der Waals surface area contributed by atoms with Crippen LogP contribution in [0.2, 0.25) is 0 Å². The van der Waals surface area contributed by atoms with Gasteiger partial charge in [0.2, 0.25) is 0 Å². The Hall–Kier alpha value is -1.65. The van der Waals surface area contributed by atoms with E-state index < -0.39 is 6.08 Å². The summed E-state index contributed by atoms with van der Waals surface area (Å²) in [5.41, 5.74) is 0.999. The van der Waals surface area contributed by atoms with E-state index in [4.69, 9.17) is 0 Å². The fourth-order valence-corrected chi connectivity index (χ4v) is 1.29. The average molecular weight is 181 g/mol. The maximum absolute atomic E-state index is 12.9. The zero-order chi connectivity index (χ0) is 9.59. The van der Waals surface area contributed by atoms with Crippen LogP contribution in [0.5, 0.6) is 0 Å². The second-order valence-electron chi connectivity index (χ2n) is 2.96. The first-order chi connectivity index (χ1) is 6.09. The second kappa shape index (κ2) is 2.42. The first-order valence-corrected chi connectivity index (χ1v) is 3.81. The second-order valence-corrected chi connectivity index (χ2v) is 2.96. The van der Waals surface area contributed by atoms with E-state index >= 15 is 0 Å². The van der Waals surface area contributed by atoms with Gasteiger partial charge in [-0.05, 0) is 13.0 Å². The van der Waals surface area contributed by atoms with Crippen LogP contribution in [0, 0.1) is 13.0 Å². The Bertz CT molecular complexity index is 526. The highest BCUT2D eigenvalue weighted by Gasteiger charge is 2.09. The monoisotopic (exact) mass is 181 g/mol. The van der Waals surface area contributed by atoms with Crippen LogP contribution in [-0.2, 0) is 7.05 Å². The van der Waals surface area contributed by atoms with E-state index in [2.05, 4.69) is 9.97 Å². The molecule has 0 saturated heterocycles. The van der Waals surface area contributed by atoms with Gasteiger partial charge in [-0.25, -0.2) is 0 Å². The van der Waals surface area contributed by atoms with E-state index in [-0.39, 0.29) is 11.1 Å². The Labute approximate surface area is 73.0 Å². The highest BCUT2D eigenvalue weighted by Crippen LogP contribution is 2.09. The molecule has 0 fully saturated rings. The zero-order valence-corrected chi connectivity index (χ0v) is 7.26. The van der Waals surface area contributed by atoms with Gasteiger partial charge in [0, 0.05) is 12.7 Å². The van der Waals surface area contributed by atoms with Crippen LogP contribution in [0.4, 0.5) is 4.39 Å². The van der Waals surface area contributed by atoms with Crippen LogP contribution in [0.1, 0.15) is 5.69 Å². The van der Waals surface area contributed by atoms with Crippen molar-refractivity contribution >= 4 is 11.0 Å². The predicted octanol–water partition coefficient (Wildman–Crippen LogP) is 0.709. The summed E-state index contributed by atoms with van der Waals surface area (Å²) in [6, 6.07) is 1.69. The number of aromatic amines is 1. The van der Waals surface area contributed by atoms with Gasteiger partial charge in [0.15, 0.2) is 5.52 Å². The lowest BCUT2D eigenvalue weighted by atomic mass is 10.3. The molecule has 5 heteroatoms. The number of nitrogens with one attached hydrogen (secondary N) is 1. The van der Waals surface area contributed by atoms with Crippen molar-refractivity contribution in [3.63, 3.8) is 0 Å². The molecule has 0 saturated carbocycles. The number of halogens is 1. The van der Waals surface area contributed by atoms with Gasteiger partial charge in [-0.2, -0.15) is 9.37 Å². The number of rotatable bonds is 0. The third-order valence-electron chi connectivity index (χ3n) is 1.96. The lowest BCUT2D eigenvalue weighted by molar-refractivity contribution is 0.507. The molecular weight excluding hydrogens is 173 g/mol. The van der Waals surface area contributed by atoms with E-state index in [1.807, 2.05) is 0 Å². The summed E-state index contributed by atoms with van der Waals surface area (Å²) in [6.45, 7) is 1.74. The summed E-state index contributed by atoms with van der Waals surface area (Å²) < 4.78 is 14.2. The van der Waals surface area contributed by atoms with Gasteiger partial charge < -0.3 is 9.55 Å². The molecule has 0 aliphatic heterocycles. The third-order valence-corrected chi connectivity index (χ3v) is 1.96. The van der Waals surface area contributed by atoms with Gasteiger partial charge in [-0.1, -0.05) is 0 Å². The number of hydrogen-bond acceptors (Lipinski definition) is 2. The van der Waals surface area contributed by atoms with E-state index in [9.17, 15) is 9.18 Å². The Balaban J connectivity index is 3.03. The highest BCUT2D eigenvalue weighted by molar-refractivity contribution is 5.74. The molecule has 13 heavy (non-hydrogen) atoms. The normalized spacial score (nSPS) is 11.0. The topological polar surface area (TPSA) is 50.7 Å². The average Bonchev–Trinajstić information content (AvgIpc) is 2.32. The molecule has 2 heterocycles. The Morgan fingerprint density at radius 1 is 1.62 bits per heavy atom. The van der Waals surface area contributed by atoms with Gasteiger partial charge in [0.25, 0.3) is 11.6 Å². The summed E-state index contributed by atoms with van der Waals surface area (Å²) in [5, 5.41) is 0. The molecule has 0 bridgehead atoms. The van der Waals surface area contributed by atoms with Crippen molar-refractivity contribution in [2.75, 3.05) is 0 Å². The molecule has 68 valence electrons. The summed E-state index contributed by atoms with van der Waals surface area (Å²) in [6.07, 6.45) is -0.647. The number of H-pyrrole nitrogens is 1. The van der Waals surface area contributed by atoms with E-state index in [0.717, 1.165) is 0 Å². The lowest BCUT2D eigenvalue weighted by Gasteiger charge is -1.95. The van der Waals surface area contributed by atoms with E-state index in [0.29, 0.717) is 11.2 Å². The molecule has 2 aromatic heterocycles. The molecule has 0 aliphatic carbocycles. The maximum Gasteiger partial charge on any atom is 0.290 e. The minimum atomic E-state index is -0.647. The molecule has 0 unspecified atom stereocenters. The molecule has 4 nitrogen and oxygen atoms in total. The number of hydrogen-bond donors (Lipinski definition) is 1. The lowest BCUT2D eigenvalue weighted by Crippen LogP contribution is -2.07. The van der Waals surface area contributed by atoms with E-state index in [1.165, 1.54) is 11.6 Å². The van der Waals surface area contributed by atoms with E-state index in [1.54, 1.807) is 13.0 Å². The quantitative estimate of drug-likeness (QED) is 0.650. The van der Waals surface area contributed by atoms with Gasteiger partial charge in [-0.15, -0.1) is 0 Å². The molecule has 1 N–H and O–H groups in total. The third kappa shape index (κ3) is 1.04. The highest BCUT2D eigenvalue weighted by atomic mass is 19.1. The first-order valence-electron chi connectivity index (χ1n) is 3.81. The standard InChI is InChI=1S/C8H8FN3O/c1-4-3-5-6(7(13)10-4)11-8(9)12(5)2/h3H,1-2H3,(H,10,13). The van der Waals surface area contributed by atoms with Crippen molar-refractivity contribution in [3.05, 3.63) is 28.2 Å². The van der Waals surface area contributed by atoms with Crippen LogP contribution >= 0.6 is 0 Å². The van der Waals surface area contributed by atoms with Gasteiger partial charge in [0.1, 0.15) is 0 Å². The largest absolute Gasteiger partial charge is 0.325 e. The van der Waals surface area contributed by atoms with Crippen LogP contribution in [-0.4, -0.2) is 14.5 Å². The van der Waals surface area contributed by atoms with Crippen molar-refractivity contribution in [2.24, 2.45) is 7.05 Å². The SMILES string of the molecule is Cc1cc2c(nc(F)n2C)c(=O)[nH]1. The number of fused-ring (bicyclic) bond motifs is 1. The molecule has 0 atom stereocenters. The summed E-state index contributed by atoms with van der Waals surface area (Å²) >= 11 is 0. The minimum Gasteiger partial charge on any atom is -0.325 e. The van der Waals surface area contributed by atoms with Gasteiger partial charge in [0.05, 0.1) is 5.52 Å². The number of aryl methyl sites for hydroxylation is 2. The molecule has 0 aliphatic rings. The number of pyridine rings is 1. The van der Waals surface area contributed by atoms with Gasteiger partial charge in [-0.3, -0.25) is 4.79 Å². The van der Waals surface area contributed by atoms with Crippen LogP contribution in [0.15, 0.2) is 10.9 Å². The molecule has 0 aromatic carbocycles. The van der Waals surface area contributed by atoms with Crippen molar-refractivity contribution in [1.82, 2.24) is 14.5 Å². The number of nitrogens with zero attached hydrogens (tertiary/aromatic N) is 2. The molecule has 0 radical (unpaired) electrons. The molecule has 2 rings (SSSR count). The number of aromatic nitrogens is 3. The van der Waals surface area contributed by atoms with Crippen molar-refractivity contribution in [1.29, 1.82) is 0 Å². The Morgan fingerprint density at radius 3 is 3.00 bits per heavy atom. The van der Waals surface area contributed by atoms with Crippen LogP contribution in [0.3, 0.4) is 0 Å². The fourth-order valence-electron chi connectivity index (χ4n) is 1.29. The first kappa shape index (κ1) is 7.97. The summed E-state index contributed by atoms with van der Waals surface area (Å²) in [4.78, 5) is 17.3.